The van der Waals surface area contributed by atoms with Crippen molar-refractivity contribution in [1.82, 2.24) is 4.90 Å². The maximum Gasteiger partial charge on any atom is 0.416 e. The van der Waals surface area contributed by atoms with Crippen molar-refractivity contribution in [3.8, 4) is 0 Å². The van der Waals surface area contributed by atoms with Crippen LogP contribution in [-0.2, 0) is 12.6 Å². The van der Waals surface area contributed by atoms with Crippen LogP contribution < -0.4 is 0 Å². The van der Waals surface area contributed by atoms with Gasteiger partial charge in [-0.3, -0.25) is 0 Å². The maximum atomic E-state index is 12.9. The van der Waals surface area contributed by atoms with E-state index in [0.29, 0.717) is 17.0 Å². The molecule has 0 saturated heterocycles. The van der Waals surface area contributed by atoms with Crippen LogP contribution in [0.3, 0.4) is 0 Å². The molecule has 0 amide bonds. The fourth-order valence-corrected chi connectivity index (χ4v) is 3.04. The molecule has 0 heterocycles. The average molecular weight is 356 g/mol. The molecule has 2 aromatic rings. The molecule has 0 aliphatic carbocycles. The number of halogens is 4. The van der Waals surface area contributed by atoms with Crippen LogP contribution in [-0.4, -0.2) is 25.5 Å². The molecule has 0 bridgehead atoms. The second kappa shape index (κ2) is 8.04. The lowest BCUT2D eigenvalue weighted by Crippen LogP contribution is -2.17. The quantitative estimate of drug-likeness (QED) is 0.648. The minimum atomic E-state index is -4.32. The molecule has 2 aromatic carbocycles. The van der Waals surface area contributed by atoms with Crippen LogP contribution >= 0.6 is 11.6 Å². The number of hydrogen-bond acceptors (Lipinski definition) is 1. The van der Waals surface area contributed by atoms with Gasteiger partial charge in [0.05, 0.1) is 5.56 Å². The summed E-state index contributed by atoms with van der Waals surface area (Å²) < 4.78 is 38.8. The highest BCUT2D eigenvalue weighted by Gasteiger charge is 2.30. The van der Waals surface area contributed by atoms with E-state index < -0.39 is 11.7 Å². The van der Waals surface area contributed by atoms with Gasteiger partial charge >= 0.3 is 6.18 Å². The molecule has 0 saturated carbocycles. The topological polar surface area (TPSA) is 3.24 Å². The van der Waals surface area contributed by atoms with E-state index in [1.165, 1.54) is 12.1 Å². The standard InChI is InChI=1S/C19H21ClF3N/c1-24(2)11-10-15(17-8-3-4-9-18(17)20)12-14-6-5-7-16(13-14)19(21,22)23/h3-9,13,15H,10-12H2,1-2H3. The molecule has 0 aliphatic heterocycles. The minimum absolute atomic E-state index is 0.0737. The molecule has 2 rings (SSSR count). The summed E-state index contributed by atoms with van der Waals surface area (Å²) in [5.41, 5.74) is 1.05. The Kier molecular flexibility index (Phi) is 6.30. The highest BCUT2D eigenvalue weighted by atomic mass is 35.5. The van der Waals surface area contributed by atoms with Gasteiger partial charge < -0.3 is 4.90 Å². The molecule has 0 spiro atoms. The minimum Gasteiger partial charge on any atom is -0.309 e. The third-order valence-corrected chi connectivity index (χ3v) is 4.35. The van der Waals surface area contributed by atoms with Crippen molar-refractivity contribution in [1.29, 1.82) is 0 Å². The van der Waals surface area contributed by atoms with E-state index >= 15 is 0 Å². The SMILES string of the molecule is CN(C)CCC(Cc1cccc(C(F)(F)F)c1)c1ccccc1Cl. The summed E-state index contributed by atoms with van der Waals surface area (Å²) in [6, 6.07) is 13.1. The van der Waals surface area contributed by atoms with Crippen LogP contribution in [0.15, 0.2) is 48.5 Å². The number of rotatable bonds is 6. The highest BCUT2D eigenvalue weighted by Crippen LogP contribution is 2.33. The van der Waals surface area contributed by atoms with Gasteiger partial charge in [0.15, 0.2) is 0 Å². The summed E-state index contributed by atoms with van der Waals surface area (Å²) in [7, 11) is 3.96. The molecule has 130 valence electrons. The molecular formula is C19H21ClF3N. The molecule has 0 N–H and O–H groups in total. The largest absolute Gasteiger partial charge is 0.416 e. The van der Waals surface area contributed by atoms with E-state index in [9.17, 15) is 13.2 Å². The lowest BCUT2D eigenvalue weighted by Gasteiger charge is -2.21. The molecule has 24 heavy (non-hydrogen) atoms. The van der Waals surface area contributed by atoms with Crippen LogP contribution in [0.2, 0.25) is 5.02 Å². The van der Waals surface area contributed by atoms with Gasteiger partial charge in [0.2, 0.25) is 0 Å². The first kappa shape index (κ1) is 18.8. The Hall–Kier alpha value is -1.52. The Bertz CT molecular complexity index is 668. The number of nitrogens with zero attached hydrogens (tertiary/aromatic N) is 1. The summed E-state index contributed by atoms with van der Waals surface area (Å²) in [5.74, 6) is 0.0737. The molecule has 1 unspecified atom stereocenters. The summed E-state index contributed by atoms with van der Waals surface area (Å²) in [6.07, 6.45) is -2.96. The molecule has 1 atom stereocenters. The Morgan fingerprint density at radius 3 is 2.38 bits per heavy atom. The number of alkyl halides is 3. The Morgan fingerprint density at radius 1 is 1.04 bits per heavy atom. The molecule has 0 aliphatic rings. The van der Waals surface area contributed by atoms with Gasteiger partial charge in [0.25, 0.3) is 0 Å². The zero-order valence-electron chi connectivity index (χ0n) is 13.8. The van der Waals surface area contributed by atoms with Gasteiger partial charge in [0, 0.05) is 5.02 Å². The van der Waals surface area contributed by atoms with Crippen molar-refractivity contribution in [2.75, 3.05) is 20.6 Å². The molecule has 0 radical (unpaired) electrons. The van der Waals surface area contributed by atoms with Crippen LogP contribution in [0.1, 0.15) is 29.0 Å². The monoisotopic (exact) mass is 355 g/mol. The first-order valence-electron chi connectivity index (χ1n) is 7.82. The van der Waals surface area contributed by atoms with Crippen molar-refractivity contribution in [3.63, 3.8) is 0 Å². The zero-order chi connectivity index (χ0) is 17.7. The van der Waals surface area contributed by atoms with E-state index in [4.69, 9.17) is 11.6 Å². The van der Waals surface area contributed by atoms with Crippen LogP contribution in [0.25, 0.3) is 0 Å². The van der Waals surface area contributed by atoms with E-state index in [-0.39, 0.29) is 5.92 Å². The van der Waals surface area contributed by atoms with Gasteiger partial charge in [-0.1, -0.05) is 48.0 Å². The summed E-state index contributed by atoms with van der Waals surface area (Å²) in [6.45, 7) is 0.842. The second-order valence-corrected chi connectivity index (χ2v) is 6.62. The third kappa shape index (κ3) is 5.25. The fraction of sp³-hybridized carbons (Fsp3) is 0.368. The van der Waals surface area contributed by atoms with Crippen molar-refractivity contribution in [3.05, 3.63) is 70.2 Å². The Labute approximate surface area is 146 Å². The first-order chi connectivity index (χ1) is 11.3. The molecule has 0 aromatic heterocycles. The van der Waals surface area contributed by atoms with Crippen molar-refractivity contribution in [2.45, 2.75) is 24.9 Å². The number of benzene rings is 2. The smallest absolute Gasteiger partial charge is 0.309 e. The van der Waals surface area contributed by atoms with Crippen molar-refractivity contribution < 1.29 is 13.2 Å². The van der Waals surface area contributed by atoms with E-state index in [0.717, 1.165) is 24.6 Å². The summed E-state index contributed by atoms with van der Waals surface area (Å²) in [5, 5.41) is 0.660. The molecular weight excluding hydrogens is 335 g/mol. The van der Waals surface area contributed by atoms with Crippen LogP contribution in [0, 0.1) is 0 Å². The third-order valence-electron chi connectivity index (χ3n) is 4.01. The molecule has 5 heteroatoms. The van der Waals surface area contributed by atoms with Crippen molar-refractivity contribution in [2.24, 2.45) is 0 Å². The fourth-order valence-electron chi connectivity index (χ4n) is 2.75. The van der Waals surface area contributed by atoms with Crippen LogP contribution in [0.4, 0.5) is 13.2 Å². The van der Waals surface area contributed by atoms with Gasteiger partial charge in [-0.2, -0.15) is 13.2 Å². The Balaban J connectivity index is 2.27. The van der Waals surface area contributed by atoms with E-state index in [1.54, 1.807) is 6.07 Å². The van der Waals surface area contributed by atoms with Crippen molar-refractivity contribution >= 4 is 11.6 Å². The molecule has 0 fully saturated rings. The lowest BCUT2D eigenvalue weighted by molar-refractivity contribution is -0.137. The number of hydrogen-bond donors (Lipinski definition) is 0. The van der Waals surface area contributed by atoms with Gasteiger partial charge in [0.1, 0.15) is 0 Å². The summed E-state index contributed by atoms with van der Waals surface area (Å²) >= 11 is 6.31. The highest BCUT2D eigenvalue weighted by molar-refractivity contribution is 6.31. The zero-order valence-corrected chi connectivity index (χ0v) is 14.5. The first-order valence-corrected chi connectivity index (χ1v) is 8.20. The lowest BCUT2D eigenvalue weighted by atomic mass is 9.88. The second-order valence-electron chi connectivity index (χ2n) is 6.21. The average Bonchev–Trinajstić information content (AvgIpc) is 2.51. The summed E-state index contributed by atoms with van der Waals surface area (Å²) in [4.78, 5) is 2.07. The van der Waals surface area contributed by atoms with Crippen LogP contribution in [0.5, 0.6) is 0 Å². The van der Waals surface area contributed by atoms with E-state index in [1.807, 2.05) is 38.4 Å². The van der Waals surface area contributed by atoms with E-state index in [2.05, 4.69) is 4.90 Å². The van der Waals surface area contributed by atoms with Gasteiger partial charge in [-0.15, -0.1) is 0 Å². The Morgan fingerprint density at radius 2 is 1.75 bits per heavy atom. The van der Waals surface area contributed by atoms with Gasteiger partial charge in [-0.25, -0.2) is 0 Å². The predicted octanol–water partition coefficient (Wildman–Crippen LogP) is 5.64. The maximum absolute atomic E-state index is 12.9. The van der Waals surface area contributed by atoms with Gasteiger partial charge in [-0.05, 0) is 62.7 Å². The molecule has 1 nitrogen and oxygen atoms in total. The normalized spacial score (nSPS) is 13.3. The predicted molar refractivity (Wildman–Crippen MR) is 92.5 cm³/mol.